The van der Waals surface area contributed by atoms with Crippen LogP contribution in [-0.4, -0.2) is 4.98 Å². The van der Waals surface area contributed by atoms with Gasteiger partial charge in [-0.3, -0.25) is 0 Å². The van der Waals surface area contributed by atoms with E-state index in [1.165, 1.54) is 44.4 Å². The van der Waals surface area contributed by atoms with Crippen LogP contribution in [0.1, 0.15) is 43.2 Å². The molecule has 1 aromatic heterocycles. The van der Waals surface area contributed by atoms with Gasteiger partial charge < -0.3 is 4.98 Å². The van der Waals surface area contributed by atoms with Crippen LogP contribution < -0.4 is 0 Å². The molecule has 0 atom stereocenters. The number of rotatable bonds is 1. The zero-order valence-electron chi connectivity index (χ0n) is 14.5. The van der Waals surface area contributed by atoms with E-state index in [0.717, 1.165) is 0 Å². The lowest BCUT2D eigenvalue weighted by atomic mass is 9.83. The van der Waals surface area contributed by atoms with Crippen molar-refractivity contribution in [2.24, 2.45) is 0 Å². The van der Waals surface area contributed by atoms with Gasteiger partial charge in [0.15, 0.2) is 0 Å². The Labute approximate surface area is 133 Å². The largest absolute Gasteiger partial charge is 0.358 e. The first-order valence-electron chi connectivity index (χ1n) is 7.98. The molecule has 0 unspecified atom stereocenters. The average Bonchev–Trinajstić information content (AvgIpc) is 2.75. The maximum absolute atomic E-state index is 3.61. The van der Waals surface area contributed by atoms with E-state index < -0.39 is 0 Å². The molecular formula is C21H25N. The zero-order valence-corrected chi connectivity index (χ0v) is 14.5. The van der Waals surface area contributed by atoms with Crippen LogP contribution in [0.3, 0.4) is 0 Å². The third kappa shape index (κ3) is 2.35. The summed E-state index contributed by atoms with van der Waals surface area (Å²) in [7, 11) is 0. The summed E-state index contributed by atoms with van der Waals surface area (Å²) in [5.41, 5.74) is 8.11. The number of hydrogen-bond acceptors (Lipinski definition) is 0. The number of fused-ring (bicyclic) bond motifs is 1. The minimum Gasteiger partial charge on any atom is -0.358 e. The average molecular weight is 291 g/mol. The maximum atomic E-state index is 3.61. The maximum Gasteiger partial charge on any atom is 0.0541 e. The molecule has 0 saturated carbocycles. The van der Waals surface area contributed by atoms with Gasteiger partial charge in [-0.2, -0.15) is 0 Å². The van der Waals surface area contributed by atoms with E-state index in [2.05, 4.69) is 82.9 Å². The first-order valence-corrected chi connectivity index (χ1v) is 7.98. The molecule has 0 bridgehead atoms. The molecule has 1 heterocycles. The third-order valence-corrected chi connectivity index (χ3v) is 4.56. The van der Waals surface area contributed by atoms with Gasteiger partial charge >= 0.3 is 0 Å². The summed E-state index contributed by atoms with van der Waals surface area (Å²) < 4.78 is 0. The summed E-state index contributed by atoms with van der Waals surface area (Å²) in [6.45, 7) is 13.4. The predicted molar refractivity (Wildman–Crippen MR) is 96.6 cm³/mol. The third-order valence-electron chi connectivity index (χ3n) is 4.56. The van der Waals surface area contributed by atoms with Crippen molar-refractivity contribution in [3.63, 3.8) is 0 Å². The molecule has 0 spiro atoms. The fourth-order valence-electron chi connectivity index (χ4n) is 3.34. The van der Waals surface area contributed by atoms with Crippen molar-refractivity contribution in [2.45, 2.75) is 47.0 Å². The van der Waals surface area contributed by atoms with Crippen molar-refractivity contribution >= 4 is 10.8 Å². The second-order valence-corrected chi connectivity index (χ2v) is 7.41. The first-order chi connectivity index (χ1) is 10.3. The topological polar surface area (TPSA) is 15.8 Å². The highest BCUT2D eigenvalue weighted by Gasteiger charge is 2.18. The van der Waals surface area contributed by atoms with Gasteiger partial charge in [0.2, 0.25) is 0 Å². The number of aryl methyl sites for hydroxylation is 3. The van der Waals surface area contributed by atoms with Crippen LogP contribution in [0.25, 0.3) is 22.0 Å². The summed E-state index contributed by atoms with van der Waals surface area (Å²) in [4.78, 5) is 3.61. The van der Waals surface area contributed by atoms with E-state index in [9.17, 15) is 0 Å². The van der Waals surface area contributed by atoms with E-state index in [1.54, 1.807) is 0 Å². The molecule has 2 aromatic carbocycles. The Hall–Kier alpha value is -2.02. The molecule has 3 rings (SSSR count). The normalized spacial score (nSPS) is 12.1. The van der Waals surface area contributed by atoms with Crippen LogP contribution in [0.4, 0.5) is 0 Å². The molecule has 1 nitrogen and oxygen atoms in total. The molecule has 1 N–H and O–H groups in total. The Morgan fingerprint density at radius 1 is 0.818 bits per heavy atom. The Morgan fingerprint density at radius 2 is 1.36 bits per heavy atom. The van der Waals surface area contributed by atoms with Crippen molar-refractivity contribution in [3.05, 3.63) is 58.8 Å². The van der Waals surface area contributed by atoms with Crippen LogP contribution in [0.2, 0.25) is 0 Å². The second kappa shape index (κ2) is 5.01. The predicted octanol–water partition coefficient (Wildman–Crippen LogP) is 6.06. The number of aromatic nitrogens is 1. The van der Waals surface area contributed by atoms with Crippen LogP contribution in [0, 0.1) is 20.8 Å². The fourth-order valence-corrected chi connectivity index (χ4v) is 3.34. The molecular weight excluding hydrogens is 266 g/mol. The van der Waals surface area contributed by atoms with Gasteiger partial charge in [-0.1, -0.05) is 57.2 Å². The number of aromatic amines is 1. The van der Waals surface area contributed by atoms with Crippen molar-refractivity contribution in [3.8, 4) is 11.3 Å². The van der Waals surface area contributed by atoms with E-state index in [1.807, 2.05) is 0 Å². The molecule has 0 aliphatic heterocycles. The lowest BCUT2D eigenvalue weighted by Gasteiger charge is -2.22. The summed E-state index contributed by atoms with van der Waals surface area (Å²) in [6.07, 6.45) is 0. The minimum absolute atomic E-state index is 0.182. The van der Waals surface area contributed by atoms with Crippen molar-refractivity contribution in [1.29, 1.82) is 0 Å². The monoisotopic (exact) mass is 291 g/mol. The van der Waals surface area contributed by atoms with Crippen molar-refractivity contribution in [2.75, 3.05) is 0 Å². The van der Waals surface area contributed by atoms with Gasteiger partial charge in [-0.15, -0.1) is 0 Å². The Balaban J connectivity index is 2.28. The SMILES string of the molecule is Cc1cc(C(C)(C)C)cc(C)c1-c1[nH]c(C)c2ccccc12. The number of benzene rings is 2. The summed E-state index contributed by atoms with van der Waals surface area (Å²) in [6, 6.07) is 13.3. The molecule has 0 radical (unpaired) electrons. The quantitative estimate of drug-likeness (QED) is 0.561. The molecule has 0 fully saturated rings. The Morgan fingerprint density at radius 3 is 1.91 bits per heavy atom. The van der Waals surface area contributed by atoms with Gasteiger partial charge in [0.25, 0.3) is 0 Å². The van der Waals surface area contributed by atoms with Gasteiger partial charge in [0.1, 0.15) is 0 Å². The summed E-state index contributed by atoms with van der Waals surface area (Å²) >= 11 is 0. The fraction of sp³-hybridized carbons (Fsp3) is 0.333. The van der Waals surface area contributed by atoms with Crippen LogP contribution in [0.15, 0.2) is 36.4 Å². The van der Waals surface area contributed by atoms with Gasteiger partial charge in [-0.05, 0) is 42.9 Å². The van der Waals surface area contributed by atoms with E-state index >= 15 is 0 Å². The second-order valence-electron chi connectivity index (χ2n) is 7.41. The van der Waals surface area contributed by atoms with E-state index in [4.69, 9.17) is 0 Å². The number of nitrogens with one attached hydrogen (secondary N) is 1. The number of hydrogen-bond donors (Lipinski definition) is 1. The first kappa shape index (κ1) is 14.9. The molecule has 114 valence electrons. The molecule has 22 heavy (non-hydrogen) atoms. The van der Waals surface area contributed by atoms with E-state index in [-0.39, 0.29) is 5.41 Å². The smallest absolute Gasteiger partial charge is 0.0541 e. The highest BCUT2D eigenvalue weighted by molar-refractivity contribution is 5.99. The Kier molecular flexibility index (Phi) is 3.40. The van der Waals surface area contributed by atoms with Crippen LogP contribution in [0.5, 0.6) is 0 Å². The lowest BCUT2D eigenvalue weighted by Crippen LogP contribution is -2.12. The van der Waals surface area contributed by atoms with Crippen LogP contribution in [-0.2, 0) is 5.41 Å². The van der Waals surface area contributed by atoms with Gasteiger partial charge in [0.05, 0.1) is 5.69 Å². The lowest BCUT2D eigenvalue weighted by molar-refractivity contribution is 0.589. The molecule has 0 amide bonds. The molecule has 1 heteroatoms. The van der Waals surface area contributed by atoms with Gasteiger partial charge in [0, 0.05) is 22.0 Å². The summed E-state index contributed by atoms with van der Waals surface area (Å²) in [5.74, 6) is 0. The molecule has 0 aliphatic carbocycles. The highest BCUT2D eigenvalue weighted by Crippen LogP contribution is 2.36. The molecule has 3 aromatic rings. The Bertz CT molecular complexity index is 821. The zero-order chi connectivity index (χ0) is 16.1. The summed E-state index contributed by atoms with van der Waals surface area (Å²) in [5, 5.41) is 2.63. The van der Waals surface area contributed by atoms with Gasteiger partial charge in [-0.25, -0.2) is 0 Å². The number of H-pyrrole nitrogens is 1. The van der Waals surface area contributed by atoms with E-state index in [0.29, 0.717) is 0 Å². The molecule has 0 aliphatic rings. The van der Waals surface area contributed by atoms with Crippen molar-refractivity contribution in [1.82, 2.24) is 4.98 Å². The highest BCUT2D eigenvalue weighted by atomic mass is 14.7. The standard InChI is InChI=1S/C21H25N/c1-13-11-16(21(4,5)6)12-14(2)19(13)20-18-10-8-7-9-17(18)15(3)22-20/h7-12,22H,1-6H3. The van der Waals surface area contributed by atoms with Crippen molar-refractivity contribution < 1.29 is 0 Å². The minimum atomic E-state index is 0.182. The molecule has 0 saturated heterocycles. The van der Waals surface area contributed by atoms with Crippen LogP contribution >= 0.6 is 0 Å².